The molecule has 1 heterocycles. The lowest BCUT2D eigenvalue weighted by molar-refractivity contribution is 0.0635. The molecule has 0 unspecified atom stereocenters. The van der Waals surface area contributed by atoms with Gasteiger partial charge in [-0.25, -0.2) is 14.2 Å². The Morgan fingerprint density at radius 1 is 1.25 bits per heavy atom. The predicted octanol–water partition coefficient (Wildman–Crippen LogP) is 3.52. The lowest BCUT2D eigenvalue weighted by atomic mass is 10.2. The van der Waals surface area contributed by atoms with Gasteiger partial charge < -0.3 is 20.9 Å². The third kappa shape index (κ3) is 4.48. The molecule has 1 aromatic heterocycles. The van der Waals surface area contributed by atoms with Crippen LogP contribution in [0.3, 0.4) is 0 Å². The van der Waals surface area contributed by atoms with E-state index in [-0.39, 0.29) is 28.7 Å². The maximum atomic E-state index is 13.9. The highest BCUT2D eigenvalue weighted by molar-refractivity contribution is 5.85. The third-order valence-electron chi connectivity index (χ3n) is 2.78. The van der Waals surface area contributed by atoms with Crippen LogP contribution in [0.25, 0.3) is 0 Å². The molecule has 0 saturated carbocycles. The van der Waals surface area contributed by atoms with Crippen molar-refractivity contribution in [1.29, 1.82) is 0 Å². The Labute approximate surface area is 138 Å². The highest BCUT2D eigenvalue weighted by atomic mass is 19.1. The number of carbonyl (C=O) groups is 1. The number of ether oxygens (including phenoxy) is 2. The Morgan fingerprint density at radius 3 is 2.62 bits per heavy atom. The van der Waals surface area contributed by atoms with E-state index in [4.69, 9.17) is 20.9 Å². The van der Waals surface area contributed by atoms with Crippen LogP contribution < -0.4 is 21.5 Å². The van der Waals surface area contributed by atoms with Gasteiger partial charge >= 0.3 is 6.09 Å². The number of benzene rings is 1. The van der Waals surface area contributed by atoms with Gasteiger partial charge in [-0.1, -0.05) is 0 Å². The first kappa shape index (κ1) is 17.3. The maximum Gasteiger partial charge on any atom is 0.412 e. The van der Waals surface area contributed by atoms with Crippen molar-refractivity contribution in [2.45, 2.75) is 26.4 Å². The Balaban J connectivity index is 2.19. The summed E-state index contributed by atoms with van der Waals surface area (Å²) in [6.45, 7) is 5.12. The van der Waals surface area contributed by atoms with Gasteiger partial charge in [0, 0.05) is 18.3 Å². The second kappa shape index (κ2) is 6.61. The standard InChI is InChI=1S/C16H19FN4O3/c1-16(2,3)24-15(22)21-11-8-9(4-5-10(11)17)23-12-6-7-20-14(19)13(12)18/h4-8H,18H2,1-3H3,(H2,19,20)(H,21,22). The third-order valence-corrected chi connectivity index (χ3v) is 2.78. The average Bonchev–Trinajstić information content (AvgIpc) is 2.45. The van der Waals surface area contributed by atoms with Crippen LogP contribution >= 0.6 is 0 Å². The van der Waals surface area contributed by atoms with Gasteiger partial charge in [0.05, 0.1) is 5.69 Å². The predicted molar refractivity (Wildman–Crippen MR) is 89.4 cm³/mol. The SMILES string of the molecule is CC(C)(C)OC(=O)Nc1cc(Oc2ccnc(N)c2N)ccc1F. The summed E-state index contributed by atoms with van der Waals surface area (Å²) in [7, 11) is 0. The molecule has 5 N–H and O–H groups in total. The average molecular weight is 334 g/mol. The summed E-state index contributed by atoms with van der Waals surface area (Å²) in [6.07, 6.45) is 0.663. The molecule has 0 aliphatic heterocycles. The van der Waals surface area contributed by atoms with Gasteiger partial charge in [-0.2, -0.15) is 0 Å². The molecule has 128 valence electrons. The van der Waals surface area contributed by atoms with Crippen LogP contribution in [0.2, 0.25) is 0 Å². The normalized spacial score (nSPS) is 11.0. The van der Waals surface area contributed by atoms with Gasteiger partial charge in [-0.15, -0.1) is 0 Å². The van der Waals surface area contributed by atoms with E-state index in [0.29, 0.717) is 0 Å². The van der Waals surface area contributed by atoms with Crippen molar-refractivity contribution < 1.29 is 18.7 Å². The van der Waals surface area contributed by atoms with Crippen LogP contribution in [0.5, 0.6) is 11.5 Å². The van der Waals surface area contributed by atoms with E-state index in [1.165, 1.54) is 24.4 Å². The zero-order chi connectivity index (χ0) is 17.9. The van der Waals surface area contributed by atoms with E-state index in [1.54, 1.807) is 20.8 Å². The van der Waals surface area contributed by atoms with Crippen molar-refractivity contribution in [2.75, 3.05) is 16.8 Å². The molecular formula is C16H19FN4O3. The number of rotatable bonds is 3. The van der Waals surface area contributed by atoms with E-state index in [9.17, 15) is 9.18 Å². The Hall–Kier alpha value is -3.03. The Kier molecular flexibility index (Phi) is 4.77. The summed E-state index contributed by atoms with van der Waals surface area (Å²) >= 11 is 0. The topological polar surface area (TPSA) is 112 Å². The molecule has 1 amide bonds. The molecule has 2 aromatic rings. The molecular weight excluding hydrogens is 315 g/mol. The monoisotopic (exact) mass is 334 g/mol. The van der Waals surface area contributed by atoms with Gasteiger partial charge in [0.25, 0.3) is 0 Å². The summed E-state index contributed by atoms with van der Waals surface area (Å²) < 4.78 is 24.5. The number of nitrogens with zero attached hydrogens (tertiary/aromatic N) is 1. The molecule has 0 spiro atoms. The van der Waals surface area contributed by atoms with Gasteiger partial charge in [0.2, 0.25) is 0 Å². The molecule has 2 rings (SSSR count). The first-order chi connectivity index (χ1) is 11.2. The number of hydrogen-bond acceptors (Lipinski definition) is 6. The van der Waals surface area contributed by atoms with Gasteiger partial charge in [0.15, 0.2) is 5.75 Å². The zero-order valence-electron chi connectivity index (χ0n) is 13.6. The first-order valence-corrected chi connectivity index (χ1v) is 7.13. The molecule has 8 heteroatoms. The molecule has 0 saturated heterocycles. The van der Waals surface area contributed by atoms with Crippen LogP contribution in [-0.2, 0) is 4.74 Å². The second-order valence-corrected chi connectivity index (χ2v) is 5.98. The van der Waals surface area contributed by atoms with Crippen molar-refractivity contribution in [3.05, 3.63) is 36.3 Å². The number of pyridine rings is 1. The fraction of sp³-hybridized carbons (Fsp3) is 0.250. The number of halogens is 1. The summed E-state index contributed by atoms with van der Waals surface area (Å²) in [5.41, 5.74) is 10.8. The van der Waals surface area contributed by atoms with E-state index in [1.807, 2.05) is 0 Å². The molecule has 0 radical (unpaired) electrons. The minimum atomic E-state index is -0.772. The summed E-state index contributed by atoms with van der Waals surface area (Å²) in [5, 5.41) is 2.33. The van der Waals surface area contributed by atoms with Gasteiger partial charge in [-0.3, -0.25) is 5.32 Å². The summed E-state index contributed by atoms with van der Waals surface area (Å²) in [4.78, 5) is 15.6. The minimum absolute atomic E-state index is 0.0812. The Bertz CT molecular complexity index is 759. The second-order valence-electron chi connectivity index (χ2n) is 5.98. The smallest absolute Gasteiger partial charge is 0.412 e. The summed E-state index contributed by atoms with van der Waals surface area (Å²) in [5.74, 6) is 0.0363. The molecule has 1 aromatic carbocycles. The number of carbonyl (C=O) groups excluding carboxylic acids is 1. The molecule has 0 bridgehead atoms. The van der Waals surface area contributed by atoms with E-state index < -0.39 is 17.5 Å². The van der Waals surface area contributed by atoms with Gasteiger partial charge in [0.1, 0.15) is 28.7 Å². The fourth-order valence-electron chi connectivity index (χ4n) is 1.76. The van der Waals surface area contributed by atoms with Crippen molar-refractivity contribution >= 4 is 23.3 Å². The number of hydrogen-bond donors (Lipinski definition) is 3. The quantitative estimate of drug-likeness (QED) is 0.791. The van der Waals surface area contributed by atoms with Crippen LogP contribution in [0.1, 0.15) is 20.8 Å². The minimum Gasteiger partial charge on any atom is -0.455 e. The van der Waals surface area contributed by atoms with Crippen molar-refractivity contribution in [3.8, 4) is 11.5 Å². The molecule has 0 aliphatic rings. The molecule has 7 nitrogen and oxygen atoms in total. The number of nitrogens with one attached hydrogen (secondary N) is 1. The maximum absolute atomic E-state index is 13.9. The Morgan fingerprint density at radius 2 is 1.96 bits per heavy atom. The lowest BCUT2D eigenvalue weighted by Gasteiger charge is -2.20. The molecule has 0 fully saturated rings. The molecule has 24 heavy (non-hydrogen) atoms. The van der Waals surface area contributed by atoms with Crippen LogP contribution in [-0.4, -0.2) is 16.7 Å². The van der Waals surface area contributed by atoms with Crippen molar-refractivity contribution in [2.24, 2.45) is 0 Å². The highest BCUT2D eigenvalue weighted by Crippen LogP contribution is 2.31. The van der Waals surface area contributed by atoms with Crippen molar-refractivity contribution in [1.82, 2.24) is 4.98 Å². The fourth-order valence-corrected chi connectivity index (χ4v) is 1.76. The van der Waals surface area contributed by atoms with Gasteiger partial charge in [-0.05, 0) is 32.9 Å². The van der Waals surface area contributed by atoms with Crippen LogP contribution in [0, 0.1) is 5.82 Å². The molecule has 0 atom stereocenters. The first-order valence-electron chi connectivity index (χ1n) is 7.13. The zero-order valence-corrected chi connectivity index (χ0v) is 13.6. The van der Waals surface area contributed by atoms with E-state index in [2.05, 4.69) is 10.3 Å². The van der Waals surface area contributed by atoms with E-state index >= 15 is 0 Å². The van der Waals surface area contributed by atoms with Crippen molar-refractivity contribution in [3.63, 3.8) is 0 Å². The molecule has 0 aliphatic carbocycles. The highest BCUT2D eigenvalue weighted by Gasteiger charge is 2.18. The van der Waals surface area contributed by atoms with E-state index in [0.717, 1.165) is 6.07 Å². The lowest BCUT2D eigenvalue weighted by Crippen LogP contribution is -2.27. The number of aromatic nitrogens is 1. The number of nitrogen functional groups attached to an aromatic ring is 2. The number of nitrogens with two attached hydrogens (primary N) is 2. The van der Waals surface area contributed by atoms with Crippen LogP contribution in [0.4, 0.5) is 26.4 Å². The number of amides is 1. The largest absolute Gasteiger partial charge is 0.455 e. The van der Waals surface area contributed by atoms with Crippen LogP contribution in [0.15, 0.2) is 30.5 Å². The number of anilines is 3. The summed E-state index contributed by atoms with van der Waals surface area (Å²) in [6, 6.07) is 5.39.